The van der Waals surface area contributed by atoms with Crippen LogP contribution in [0.5, 0.6) is 0 Å². The smallest absolute Gasteiger partial charge is 0.176 e. The van der Waals surface area contributed by atoms with Gasteiger partial charge in [-0.05, 0) is 34.7 Å². The fourth-order valence-corrected chi connectivity index (χ4v) is 2.16. The molecule has 2 heterocycles. The zero-order valence-electron chi connectivity index (χ0n) is 8.71. The van der Waals surface area contributed by atoms with Gasteiger partial charge >= 0.3 is 0 Å². The van der Waals surface area contributed by atoms with Gasteiger partial charge < -0.3 is 5.32 Å². The number of hydrogen-bond acceptors (Lipinski definition) is 5. The van der Waals surface area contributed by atoms with Crippen molar-refractivity contribution in [3.63, 3.8) is 0 Å². The third kappa shape index (κ3) is 2.40. The van der Waals surface area contributed by atoms with Gasteiger partial charge in [-0.3, -0.25) is 0 Å². The standard InChI is InChI=1S/C9H13N5S/c1-10-8(7-3-4-15-6-7)5-9-11-13-14(2)12-9/h3-4,6,8,10H,5H2,1-2H3. The summed E-state index contributed by atoms with van der Waals surface area (Å²) < 4.78 is 0. The van der Waals surface area contributed by atoms with E-state index in [1.807, 2.05) is 7.05 Å². The van der Waals surface area contributed by atoms with Crippen LogP contribution in [0.3, 0.4) is 0 Å². The Balaban J connectivity index is 2.09. The van der Waals surface area contributed by atoms with Crippen LogP contribution < -0.4 is 5.32 Å². The molecule has 0 spiro atoms. The topological polar surface area (TPSA) is 55.6 Å². The van der Waals surface area contributed by atoms with Crippen LogP contribution in [0.4, 0.5) is 0 Å². The molecule has 80 valence electrons. The van der Waals surface area contributed by atoms with Crippen LogP contribution in [0.15, 0.2) is 16.8 Å². The van der Waals surface area contributed by atoms with Crippen molar-refractivity contribution in [2.75, 3.05) is 7.05 Å². The minimum absolute atomic E-state index is 0.264. The first-order valence-corrected chi connectivity index (χ1v) is 5.66. The highest BCUT2D eigenvalue weighted by atomic mass is 32.1. The van der Waals surface area contributed by atoms with E-state index in [2.05, 4.69) is 37.6 Å². The molecule has 1 N–H and O–H groups in total. The van der Waals surface area contributed by atoms with Crippen molar-refractivity contribution in [1.29, 1.82) is 0 Å². The van der Waals surface area contributed by atoms with Gasteiger partial charge in [-0.2, -0.15) is 16.1 Å². The van der Waals surface area contributed by atoms with E-state index in [9.17, 15) is 0 Å². The number of aromatic nitrogens is 4. The Labute approximate surface area is 92.1 Å². The average molecular weight is 223 g/mol. The molecule has 2 rings (SSSR count). The van der Waals surface area contributed by atoms with Crippen molar-refractivity contribution in [2.24, 2.45) is 7.05 Å². The van der Waals surface area contributed by atoms with Crippen molar-refractivity contribution in [1.82, 2.24) is 25.5 Å². The monoisotopic (exact) mass is 223 g/mol. The molecule has 5 nitrogen and oxygen atoms in total. The van der Waals surface area contributed by atoms with E-state index in [0.29, 0.717) is 0 Å². The summed E-state index contributed by atoms with van der Waals surface area (Å²) in [7, 11) is 3.72. The Morgan fingerprint density at radius 2 is 2.47 bits per heavy atom. The maximum Gasteiger partial charge on any atom is 0.176 e. The Bertz CT molecular complexity index is 408. The highest BCUT2D eigenvalue weighted by Crippen LogP contribution is 2.18. The summed E-state index contributed by atoms with van der Waals surface area (Å²) >= 11 is 1.70. The second-order valence-electron chi connectivity index (χ2n) is 3.30. The predicted molar refractivity (Wildman–Crippen MR) is 58.6 cm³/mol. The molecule has 0 saturated heterocycles. The van der Waals surface area contributed by atoms with Crippen molar-refractivity contribution < 1.29 is 0 Å². The molecule has 0 saturated carbocycles. The molecule has 0 aliphatic rings. The highest BCUT2D eigenvalue weighted by molar-refractivity contribution is 7.07. The summed E-state index contributed by atoms with van der Waals surface area (Å²) in [5.74, 6) is 0.767. The molecule has 0 aliphatic carbocycles. The molecule has 0 bridgehead atoms. The van der Waals surface area contributed by atoms with Crippen LogP contribution >= 0.6 is 11.3 Å². The number of aryl methyl sites for hydroxylation is 1. The van der Waals surface area contributed by atoms with Crippen molar-refractivity contribution in [3.8, 4) is 0 Å². The molecule has 0 aromatic carbocycles. The van der Waals surface area contributed by atoms with E-state index in [1.54, 1.807) is 18.4 Å². The second kappa shape index (κ2) is 4.50. The molecule has 2 aromatic rings. The molecule has 0 aliphatic heterocycles. The van der Waals surface area contributed by atoms with Crippen LogP contribution in [0.1, 0.15) is 17.4 Å². The minimum atomic E-state index is 0.264. The van der Waals surface area contributed by atoms with Gasteiger partial charge in [0.1, 0.15) is 0 Å². The Morgan fingerprint density at radius 1 is 1.60 bits per heavy atom. The number of nitrogens with zero attached hydrogens (tertiary/aromatic N) is 4. The van der Waals surface area contributed by atoms with E-state index in [0.717, 1.165) is 12.2 Å². The third-order valence-electron chi connectivity index (χ3n) is 2.23. The lowest BCUT2D eigenvalue weighted by Crippen LogP contribution is -2.18. The normalized spacial score (nSPS) is 12.9. The first-order valence-electron chi connectivity index (χ1n) is 4.72. The van der Waals surface area contributed by atoms with Crippen LogP contribution in [0.25, 0.3) is 0 Å². The fraction of sp³-hybridized carbons (Fsp3) is 0.444. The molecule has 15 heavy (non-hydrogen) atoms. The van der Waals surface area contributed by atoms with Crippen LogP contribution in [-0.4, -0.2) is 27.3 Å². The van der Waals surface area contributed by atoms with Gasteiger partial charge in [0.2, 0.25) is 0 Å². The van der Waals surface area contributed by atoms with Crippen molar-refractivity contribution in [3.05, 3.63) is 28.2 Å². The molecule has 0 radical (unpaired) electrons. The van der Waals surface area contributed by atoms with Crippen molar-refractivity contribution >= 4 is 11.3 Å². The van der Waals surface area contributed by atoms with Crippen molar-refractivity contribution in [2.45, 2.75) is 12.5 Å². The fourth-order valence-electron chi connectivity index (χ4n) is 1.45. The first kappa shape index (κ1) is 10.3. The number of hydrogen-bond donors (Lipinski definition) is 1. The largest absolute Gasteiger partial charge is 0.313 e. The Hall–Kier alpha value is -1.27. The SMILES string of the molecule is CNC(Cc1nnn(C)n1)c1ccsc1. The summed E-state index contributed by atoms with van der Waals surface area (Å²) in [6.07, 6.45) is 0.765. The number of thiophene rings is 1. The molecule has 6 heteroatoms. The quantitative estimate of drug-likeness (QED) is 0.832. The molecule has 2 aromatic heterocycles. The number of likely N-dealkylation sites (N-methyl/N-ethyl adjacent to an activating group) is 1. The lowest BCUT2D eigenvalue weighted by atomic mass is 10.1. The van der Waals surface area contributed by atoms with Gasteiger partial charge in [-0.15, -0.1) is 10.2 Å². The number of nitrogens with one attached hydrogen (secondary N) is 1. The van der Waals surface area contributed by atoms with Gasteiger partial charge in [0.05, 0.1) is 7.05 Å². The Morgan fingerprint density at radius 3 is 3.00 bits per heavy atom. The van der Waals surface area contributed by atoms with Crippen LogP contribution in [0.2, 0.25) is 0 Å². The lowest BCUT2D eigenvalue weighted by Gasteiger charge is -2.11. The van der Waals surface area contributed by atoms with E-state index < -0.39 is 0 Å². The summed E-state index contributed by atoms with van der Waals surface area (Å²) in [6.45, 7) is 0. The summed E-state index contributed by atoms with van der Waals surface area (Å²) in [4.78, 5) is 1.48. The second-order valence-corrected chi connectivity index (χ2v) is 4.08. The maximum atomic E-state index is 4.17. The van der Waals surface area contributed by atoms with Gasteiger partial charge in [-0.25, -0.2) is 0 Å². The zero-order valence-corrected chi connectivity index (χ0v) is 9.53. The number of tetrazole rings is 1. The molecule has 1 atom stereocenters. The van der Waals surface area contributed by atoms with Gasteiger partial charge in [0.15, 0.2) is 5.82 Å². The predicted octanol–water partition coefficient (Wildman–Crippen LogP) is 0.775. The molecule has 0 amide bonds. The summed E-state index contributed by atoms with van der Waals surface area (Å²) in [6, 6.07) is 2.38. The molecular formula is C9H13N5S. The minimum Gasteiger partial charge on any atom is -0.313 e. The van der Waals surface area contributed by atoms with E-state index in [-0.39, 0.29) is 6.04 Å². The molecule has 1 unspecified atom stereocenters. The highest BCUT2D eigenvalue weighted by Gasteiger charge is 2.13. The zero-order chi connectivity index (χ0) is 10.7. The van der Waals surface area contributed by atoms with Gasteiger partial charge in [0.25, 0.3) is 0 Å². The van der Waals surface area contributed by atoms with Gasteiger partial charge in [0, 0.05) is 12.5 Å². The molecular weight excluding hydrogens is 210 g/mol. The third-order valence-corrected chi connectivity index (χ3v) is 2.93. The lowest BCUT2D eigenvalue weighted by molar-refractivity contribution is 0.572. The molecule has 0 fully saturated rings. The number of rotatable bonds is 4. The van der Waals surface area contributed by atoms with E-state index >= 15 is 0 Å². The van der Waals surface area contributed by atoms with Gasteiger partial charge in [-0.1, -0.05) is 0 Å². The van der Waals surface area contributed by atoms with E-state index in [4.69, 9.17) is 0 Å². The average Bonchev–Trinajstić information content (AvgIpc) is 2.85. The Kier molecular flexibility index (Phi) is 3.08. The summed E-state index contributed by atoms with van der Waals surface area (Å²) in [5.41, 5.74) is 1.27. The first-order chi connectivity index (χ1) is 7.29. The maximum absolute atomic E-state index is 4.17. The van der Waals surface area contributed by atoms with Crippen LogP contribution in [-0.2, 0) is 13.5 Å². The van der Waals surface area contributed by atoms with E-state index in [1.165, 1.54) is 10.4 Å². The summed E-state index contributed by atoms with van der Waals surface area (Å²) in [5, 5.41) is 19.4. The van der Waals surface area contributed by atoms with Crippen LogP contribution in [0, 0.1) is 0 Å².